The fourth-order valence-corrected chi connectivity index (χ4v) is 2.89. The summed E-state index contributed by atoms with van der Waals surface area (Å²) in [7, 11) is 0. The highest BCUT2D eigenvalue weighted by Crippen LogP contribution is 2.45. The number of aliphatic carboxylic acids is 1. The lowest BCUT2D eigenvalue weighted by Crippen LogP contribution is -2.29. The number of unbranched alkanes of at least 4 members (excludes halogenated alkanes) is 4. The van der Waals surface area contributed by atoms with Crippen LogP contribution in [0.15, 0.2) is 30.3 Å². The number of epoxide rings is 1. The Morgan fingerprint density at radius 1 is 1.25 bits per heavy atom. The summed E-state index contributed by atoms with van der Waals surface area (Å²) >= 11 is 0. The second-order valence-corrected chi connectivity index (χ2v) is 5.70. The molecule has 0 amide bonds. The van der Waals surface area contributed by atoms with Gasteiger partial charge in [0.05, 0.1) is 6.61 Å². The van der Waals surface area contributed by atoms with Crippen molar-refractivity contribution in [1.29, 1.82) is 0 Å². The SMILES string of the molecule is CCCCCCCC1(C(C(=O)O)c2ccccc2)CO1. The van der Waals surface area contributed by atoms with E-state index >= 15 is 0 Å². The van der Waals surface area contributed by atoms with E-state index in [1.54, 1.807) is 0 Å². The van der Waals surface area contributed by atoms with Gasteiger partial charge in [-0.05, 0) is 12.0 Å². The zero-order valence-corrected chi connectivity index (χ0v) is 12.2. The molecule has 2 rings (SSSR count). The number of hydrogen-bond donors (Lipinski definition) is 1. The fourth-order valence-electron chi connectivity index (χ4n) is 2.89. The third-order valence-corrected chi connectivity index (χ3v) is 4.12. The van der Waals surface area contributed by atoms with E-state index in [1.165, 1.54) is 25.7 Å². The van der Waals surface area contributed by atoms with E-state index in [-0.39, 0.29) is 0 Å². The largest absolute Gasteiger partial charge is 0.481 e. The number of ether oxygens (including phenoxy) is 1. The number of carbonyl (C=O) groups is 1. The molecule has 3 heteroatoms. The highest BCUT2D eigenvalue weighted by molar-refractivity contribution is 5.78. The Morgan fingerprint density at radius 2 is 1.90 bits per heavy atom. The second-order valence-electron chi connectivity index (χ2n) is 5.70. The van der Waals surface area contributed by atoms with Crippen LogP contribution in [-0.4, -0.2) is 23.3 Å². The van der Waals surface area contributed by atoms with Crippen molar-refractivity contribution in [2.45, 2.75) is 57.0 Å². The van der Waals surface area contributed by atoms with Gasteiger partial charge in [0.2, 0.25) is 0 Å². The van der Waals surface area contributed by atoms with Gasteiger partial charge in [0.25, 0.3) is 0 Å². The predicted molar refractivity (Wildman–Crippen MR) is 78.9 cm³/mol. The van der Waals surface area contributed by atoms with Crippen LogP contribution < -0.4 is 0 Å². The first-order valence-electron chi connectivity index (χ1n) is 7.61. The van der Waals surface area contributed by atoms with Crippen molar-refractivity contribution in [2.75, 3.05) is 6.61 Å². The molecule has 1 saturated heterocycles. The molecule has 0 aromatic heterocycles. The van der Waals surface area contributed by atoms with Crippen LogP contribution in [0.2, 0.25) is 0 Å². The summed E-state index contributed by atoms with van der Waals surface area (Å²) in [5.41, 5.74) is 0.394. The van der Waals surface area contributed by atoms with Crippen LogP contribution in [0.4, 0.5) is 0 Å². The topological polar surface area (TPSA) is 49.8 Å². The van der Waals surface area contributed by atoms with Gasteiger partial charge in [-0.1, -0.05) is 69.4 Å². The Bertz CT molecular complexity index is 423. The molecule has 0 saturated carbocycles. The maximum Gasteiger partial charge on any atom is 0.314 e. The van der Waals surface area contributed by atoms with E-state index in [0.29, 0.717) is 6.61 Å². The lowest BCUT2D eigenvalue weighted by Gasteiger charge is -2.20. The molecule has 1 aliphatic heterocycles. The third kappa shape index (κ3) is 3.60. The van der Waals surface area contributed by atoms with Crippen molar-refractivity contribution in [2.24, 2.45) is 0 Å². The van der Waals surface area contributed by atoms with Gasteiger partial charge in [-0.15, -0.1) is 0 Å². The van der Waals surface area contributed by atoms with Gasteiger partial charge in [0.15, 0.2) is 0 Å². The normalized spacial score (nSPS) is 22.4. The molecule has 3 nitrogen and oxygen atoms in total. The van der Waals surface area contributed by atoms with Crippen molar-refractivity contribution in [1.82, 2.24) is 0 Å². The average Bonchev–Trinajstić information content (AvgIpc) is 3.20. The maximum absolute atomic E-state index is 11.6. The molecule has 1 aliphatic rings. The van der Waals surface area contributed by atoms with E-state index in [2.05, 4.69) is 6.92 Å². The van der Waals surface area contributed by atoms with Crippen LogP contribution in [-0.2, 0) is 9.53 Å². The first-order chi connectivity index (χ1) is 9.69. The average molecular weight is 276 g/mol. The van der Waals surface area contributed by atoms with E-state index < -0.39 is 17.5 Å². The molecule has 1 aromatic carbocycles. The van der Waals surface area contributed by atoms with E-state index in [0.717, 1.165) is 18.4 Å². The summed E-state index contributed by atoms with van der Waals surface area (Å²) in [4.78, 5) is 11.6. The summed E-state index contributed by atoms with van der Waals surface area (Å²) in [6, 6.07) is 9.47. The highest BCUT2D eigenvalue weighted by Gasteiger charge is 2.54. The molecular weight excluding hydrogens is 252 g/mol. The van der Waals surface area contributed by atoms with Crippen molar-refractivity contribution in [3.05, 3.63) is 35.9 Å². The number of rotatable bonds is 9. The number of carboxylic acids is 1. The van der Waals surface area contributed by atoms with Crippen molar-refractivity contribution >= 4 is 5.97 Å². The smallest absolute Gasteiger partial charge is 0.314 e. The molecule has 1 heterocycles. The Balaban J connectivity index is 1.97. The minimum Gasteiger partial charge on any atom is -0.481 e. The standard InChI is InChI=1S/C17H24O3/c1-2-3-4-5-9-12-17(13-20-17)15(16(18)19)14-10-7-6-8-11-14/h6-8,10-11,15H,2-5,9,12-13H2,1H3,(H,18,19). The molecular formula is C17H24O3. The summed E-state index contributed by atoms with van der Waals surface area (Å²) in [5.74, 6) is -1.31. The zero-order chi connectivity index (χ0) is 14.4. The molecule has 0 radical (unpaired) electrons. The lowest BCUT2D eigenvalue weighted by molar-refractivity contribution is -0.140. The molecule has 2 atom stereocenters. The lowest BCUT2D eigenvalue weighted by atomic mass is 9.83. The van der Waals surface area contributed by atoms with Gasteiger partial charge in [0.1, 0.15) is 11.5 Å². The van der Waals surface area contributed by atoms with Crippen LogP contribution in [0.25, 0.3) is 0 Å². The van der Waals surface area contributed by atoms with Gasteiger partial charge in [0, 0.05) is 0 Å². The van der Waals surface area contributed by atoms with Crippen LogP contribution in [0.1, 0.15) is 56.9 Å². The van der Waals surface area contributed by atoms with Crippen LogP contribution in [0.3, 0.4) is 0 Å². The van der Waals surface area contributed by atoms with E-state index in [9.17, 15) is 9.90 Å². The number of benzene rings is 1. The molecule has 0 spiro atoms. The molecule has 0 aliphatic carbocycles. The van der Waals surface area contributed by atoms with Gasteiger partial charge in [-0.3, -0.25) is 4.79 Å². The summed E-state index contributed by atoms with van der Waals surface area (Å²) in [6.07, 6.45) is 6.78. The Morgan fingerprint density at radius 3 is 2.45 bits per heavy atom. The van der Waals surface area contributed by atoms with E-state index in [1.807, 2.05) is 30.3 Å². The van der Waals surface area contributed by atoms with Crippen molar-refractivity contribution in [3.8, 4) is 0 Å². The van der Waals surface area contributed by atoms with Crippen molar-refractivity contribution < 1.29 is 14.6 Å². The maximum atomic E-state index is 11.6. The molecule has 110 valence electrons. The number of carboxylic acid groups (broad SMARTS) is 1. The Labute approximate surface area is 121 Å². The van der Waals surface area contributed by atoms with Gasteiger partial charge in [-0.2, -0.15) is 0 Å². The first-order valence-corrected chi connectivity index (χ1v) is 7.61. The highest BCUT2D eigenvalue weighted by atomic mass is 16.6. The monoisotopic (exact) mass is 276 g/mol. The molecule has 0 bridgehead atoms. The van der Waals surface area contributed by atoms with Gasteiger partial charge >= 0.3 is 5.97 Å². The summed E-state index contributed by atoms with van der Waals surface area (Å²) in [6.45, 7) is 2.77. The van der Waals surface area contributed by atoms with Crippen LogP contribution in [0.5, 0.6) is 0 Å². The predicted octanol–water partition coefficient (Wildman–Crippen LogP) is 3.98. The molecule has 1 aromatic rings. The van der Waals surface area contributed by atoms with Gasteiger partial charge < -0.3 is 9.84 Å². The molecule has 1 N–H and O–H groups in total. The molecule has 1 fully saturated rings. The molecule has 2 unspecified atom stereocenters. The van der Waals surface area contributed by atoms with Gasteiger partial charge in [-0.25, -0.2) is 0 Å². The minimum atomic E-state index is -0.776. The minimum absolute atomic E-state index is 0.459. The van der Waals surface area contributed by atoms with E-state index in [4.69, 9.17) is 4.74 Å². The first kappa shape index (κ1) is 15.0. The quantitative estimate of drug-likeness (QED) is 0.548. The molecule has 20 heavy (non-hydrogen) atoms. The van der Waals surface area contributed by atoms with Crippen molar-refractivity contribution in [3.63, 3.8) is 0 Å². The summed E-state index contributed by atoms with van der Waals surface area (Å²) in [5, 5.41) is 9.56. The fraction of sp³-hybridized carbons (Fsp3) is 0.588. The summed E-state index contributed by atoms with van der Waals surface area (Å²) < 4.78 is 5.60. The Kier molecular flexibility index (Phi) is 5.18. The van der Waals surface area contributed by atoms with Crippen LogP contribution >= 0.6 is 0 Å². The van der Waals surface area contributed by atoms with Crippen LogP contribution in [0, 0.1) is 0 Å². The zero-order valence-electron chi connectivity index (χ0n) is 12.2. The second kappa shape index (κ2) is 6.89. The Hall–Kier alpha value is -1.35. The number of hydrogen-bond acceptors (Lipinski definition) is 2. The third-order valence-electron chi connectivity index (χ3n) is 4.12.